The molecule has 2 atom stereocenters. The summed E-state index contributed by atoms with van der Waals surface area (Å²) in [7, 11) is -3.29. The van der Waals surface area contributed by atoms with Crippen LogP contribution in [0.3, 0.4) is 0 Å². The van der Waals surface area contributed by atoms with Gasteiger partial charge in [0.15, 0.2) is 0 Å². The maximum atomic E-state index is 10.9. The smallest absolute Gasteiger partial charge is 0.208 e. The number of aliphatic hydroxyl groups excluding tert-OH is 1. The Labute approximate surface area is 114 Å². The van der Waals surface area contributed by atoms with E-state index >= 15 is 0 Å². The van der Waals surface area contributed by atoms with Crippen LogP contribution >= 0.6 is 12.4 Å². The van der Waals surface area contributed by atoms with Gasteiger partial charge in [-0.15, -0.1) is 12.4 Å². The normalized spacial score (nSPS) is 14.6. The molecule has 0 heterocycles. The highest BCUT2D eigenvalue weighted by Crippen LogP contribution is 2.04. The van der Waals surface area contributed by atoms with Gasteiger partial charge < -0.3 is 10.8 Å². The average Bonchev–Trinajstić information content (AvgIpc) is 2.26. The third-order valence-corrected chi connectivity index (χ3v) is 3.05. The predicted octanol–water partition coefficient (Wildman–Crippen LogP) is -0.112. The second-order valence-corrected chi connectivity index (χ2v) is 5.87. The Morgan fingerprint density at radius 2 is 1.89 bits per heavy atom. The highest BCUT2D eigenvalue weighted by Gasteiger charge is 2.16. The molecule has 0 aromatic heterocycles. The molecule has 0 bridgehead atoms. The van der Waals surface area contributed by atoms with Crippen molar-refractivity contribution in [2.75, 3.05) is 12.8 Å². The van der Waals surface area contributed by atoms with Crippen LogP contribution in [0.25, 0.3) is 0 Å². The van der Waals surface area contributed by atoms with Gasteiger partial charge in [0.2, 0.25) is 10.0 Å². The molecule has 4 N–H and O–H groups in total. The van der Waals surface area contributed by atoms with E-state index < -0.39 is 22.2 Å². The van der Waals surface area contributed by atoms with Crippen molar-refractivity contribution in [1.82, 2.24) is 4.72 Å². The SMILES string of the molecule is CS(=O)(=O)NC[C@H](O)[C@H](N)Cc1ccccc1.Cl. The lowest BCUT2D eigenvalue weighted by Gasteiger charge is -2.18. The van der Waals surface area contributed by atoms with E-state index in [4.69, 9.17) is 5.73 Å². The lowest BCUT2D eigenvalue weighted by molar-refractivity contribution is 0.148. The molecule has 0 unspecified atom stereocenters. The zero-order valence-corrected chi connectivity index (χ0v) is 11.7. The van der Waals surface area contributed by atoms with Gasteiger partial charge >= 0.3 is 0 Å². The highest BCUT2D eigenvalue weighted by molar-refractivity contribution is 7.88. The molecule has 0 saturated carbocycles. The largest absolute Gasteiger partial charge is 0.390 e. The number of hydrogen-bond acceptors (Lipinski definition) is 4. The standard InChI is InChI=1S/C11H18N2O3S.ClH/c1-17(15,16)13-8-11(14)10(12)7-9-5-3-2-4-6-9;/h2-6,10-11,13-14H,7-8,12H2,1H3;1H/t10-,11+;/m1./s1. The summed E-state index contributed by atoms with van der Waals surface area (Å²) in [4.78, 5) is 0. The molecule has 0 fully saturated rings. The summed E-state index contributed by atoms with van der Waals surface area (Å²) < 4.78 is 23.9. The molecule has 0 aliphatic carbocycles. The Bertz CT molecular complexity index is 439. The lowest BCUT2D eigenvalue weighted by atomic mass is 10.0. The number of rotatable bonds is 6. The first kappa shape index (κ1) is 17.3. The van der Waals surface area contributed by atoms with E-state index in [0.29, 0.717) is 6.42 Å². The molecule has 18 heavy (non-hydrogen) atoms. The van der Waals surface area contributed by atoms with Crippen LogP contribution in [0.15, 0.2) is 30.3 Å². The van der Waals surface area contributed by atoms with Gasteiger partial charge in [0.25, 0.3) is 0 Å². The van der Waals surface area contributed by atoms with Crippen LogP contribution in [0, 0.1) is 0 Å². The van der Waals surface area contributed by atoms with Crippen molar-refractivity contribution in [3.8, 4) is 0 Å². The Morgan fingerprint density at radius 3 is 2.39 bits per heavy atom. The summed E-state index contributed by atoms with van der Waals surface area (Å²) >= 11 is 0. The molecule has 0 spiro atoms. The minimum Gasteiger partial charge on any atom is -0.390 e. The molecule has 1 aromatic rings. The van der Waals surface area contributed by atoms with Crippen LogP contribution < -0.4 is 10.5 Å². The van der Waals surface area contributed by atoms with Crippen LogP contribution in [-0.2, 0) is 16.4 Å². The van der Waals surface area contributed by atoms with E-state index in [1.54, 1.807) is 0 Å². The molecule has 104 valence electrons. The third-order valence-electron chi connectivity index (χ3n) is 2.36. The maximum absolute atomic E-state index is 10.9. The molecular weight excluding hydrogens is 276 g/mol. The summed E-state index contributed by atoms with van der Waals surface area (Å²) in [5.41, 5.74) is 6.81. The van der Waals surface area contributed by atoms with Gasteiger partial charge in [0.1, 0.15) is 0 Å². The number of halogens is 1. The van der Waals surface area contributed by atoms with Crippen molar-refractivity contribution in [2.24, 2.45) is 5.73 Å². The maximum Gasteiger partial charge on any atom is 0.208 e. The van der Waals surface area contributed by atoms with Crippen LogP contribution in [0.5, 0.6) is 0 Å². The van der Waals surface area contributed by atoms with E-state index in [2.05, 4.69) is 4.72 Å². The van der Waals surface area contributed by atoms with Crippen molar-refractivity contribution in [3.05, 3.63) is 35.9 Å². The first-order chi connectivity index (χ1) is 7.88. The van der Waals surface area contributed by atoms with Gasteiger partial charge in [-0.05, 0) is 12.0 Å². The molecule has 7 heteroatoms. The summed E-state index contributed by atoms with van der Waals surface area (Å²) in [5, 5.41) is 9.69. The molecule has 0 radical (unpaired) electrons. The molecule has 1 aromatic carbocycles. The predicted molar refractivity (Wildman–Crippen MR) is 74.2 cm³/mol. The summed E-state index contributed by atoms with van der Waals surface area (Å²) in [5.74, 6) is 0. The summed E-state index contributed by atoms with van der Waals surface area (Å²) in [6, 6.07) is 9.02. The number of benzene rings is 1. The van der Waals surface area contributed by atoms with Gasteiger partial charge in [-0.1, -0.05) is 30.3 Å². The van der Waals surface area contributed by atoms with E-state index in [0.717, 1.165) is 11.8 Å². The van der Waals surface area contributed by atoms with Crippen molar-refractivity contribution in [1.29, 1.82) is 0 Å². The minimum absolute atomic E-state index is 0. The van der Waals surface area contributed by atoms with Crippen molar-refractivity contribution in [2.45, 2.75) is 18.6 Å². The first-order valence-corrected chi connectivity index (χ1v) is 7.20. The Balaban J connectivity index is 0.00000289. The van der Waals surface area contributed by atoms with Gasteiger partial charge in [-0.3, -0.25) is 0 Å². The Hall–Kier alpha value is -0.660. The van der Waals surface area contributed by atoms with Crippen LogP contribution in [-0.4, -0.2) is 38.5 Å². The lowest BCUT2D eigenvalue weighted by Crippen LogP contribution is -2.44. The number of sulfonamides is 1. The molecule has 0 aliphatic rings. The zero-order chi connectivity index (χ0) is 12.9. The molecule has 1 rings (SSSR count). The van der Waals surface area contributed by atoms with E-state index in [1.165, 1.54) is 0 Å². The number of hydrogen-bond donors (Lipinski definition) is 3. The topological polar surface area (TPSA) is 92.4 Å². The third kappa shape index (κ3) is 6.93. The van der Waals surface area contributed by atoms with E-state index in [1.807, 2.05) is 30.3 Å². The fourth-order valence-electron chi connectivity index (χ4n) is 1.41. The molecule has 0 amide bonds. The molecule has 5 nitrogen and oxygen atoms in total. The summed E-state index contributed by atoms with van der Waals surface area (Å²) in [6.07, 6.45) is 0.653. The van der Waals surface area contributed by atoms with Crippen molar-refractivity contribution >= 4 is 22.4 Å². The monoisotopic (exact) mass is 294 g/mol. The second kappa shape index (κ2) is 7.70. The molecular formula is C11H19ClN2O3S. The number of nitrogens with two attached hydrogens (primary N) is 1. The van der Waals surface area contributed by atoms with Gasteiger partial charge in [0.05, 0.1) is 12.4 Å². The highest BCUT2D eigenvalue weighted by atomic mass is 35.5. The average molecular weight is 295 g/mol. The Kier molecular flexibility index (Phi) is 7.42. The van der Waals surface area contributed by atoms with E-state index in [-0.39, 0.29) is 19.0 Å². The van der Waals surface area contributed by atoms with Crippen LogP contribution in [0.1, 0.15) is 5.56 Å². The van der Waals surface area contributed by atoms with Gasteiger partial charge in [-0.2, -0.15) is 0 Å². The van der Waals surface area contributed by atoms with Crippen molar-refractivity contribution in [3.63, 3.8) is 0 Å². The van der Waals surface area contributed by atoms with Crippen molar-refractivity contribution < 1.29 is 13.5 Å². The Morgan fingerprint density at radius 1 is 1.33 bits per heavy atom. The quantitative estimate of drug-likeness (QED) is 0.682. The van der Waals surface area contributed by atoms with Crippen LogP contribution in [0.4, 0.5) is 0 Å². The van der Waals surface area contributed by atoms with Gasteiger partial charge in [-0.25, -0.2) is 13.1 Å². The van der Waals surface area contributed by atoms with Crippen LogP contribution in [0.2, 0.25) is 0 Å². The molecule has 0 saturated heterocycles. The number of aliphatic hydroxyl groups is 1. The first-order valence-electron chi connectivity index (χ1n) is 5.30. The zero-order valence-electron chi connectivity index (χ0n) is 10.1. The molecule has 0 aliphatic heterocycles. The fourth-order valence-corrected chi connectivity index (χ4v) is 1.88. The number of nitrogens with one attached hydrogen (secondary N) is 1. The second-order valence-electron chi connectivity index (χ2n) is 4.04. The van der Waals surface area contributed by atoms with E-state index in [9.17, 15) is 13.5 Å². The van der Waals surface area contributed by atoms with Gasteiger partial charge in [0, 0.05) is 12.6 Å². The fraction of sp³-hybridized carbons (Fsp3) is 0.455. The minimum atomic E-state index is -3.29. The summed E-state index contributed by atoms with van der Waals surface area (Å²) in [6.45, 7) is -0.0627.